The van der Waals surface area contributed by atoms with Gasteiger partial charge in [-0.1, -0.05) is 0 Å². The van der Waals surface area contributed by atoms with Gasteiger partial charge in [0.05, 0.1) is 6.04 Å². The van der Waals surface area contributed by atoms with Gasteiger partial charge in [-0.15, -0.1) is 12.3 Å². The van der Waals surface area contributed by atoms with Crippen LogP contribution in [-0.2, 0) is 9.53 Å². The van der Waals surface area contributed by atoms with Crippen molar-refractivity contribution in [1.82, 2.24) is 9.80 Å². The van der Waals surface area contributed by atoms with E-state index in [-0.39, 0.29) is 24.0 Å². The van der Waals surface area contributed by atoms with E-state index in [1.54, 1.807) is 9.80 Å². The summed E-state index contributed by atoms with van der Waals surface area (Å²) < 4.78 is 5.49. The van der Waals surface area contributed by atoms with Gasteiger partial charge in [0.1, 0.15) is 5.60 Å². The average molecular weight is 306 g/mol. The van der Waals surface area contributed by atoms with Crippen molar-refractivity contribution in [3.63, 3.8) is 0 Å². The number of carbonyl (C=O) groups is 2. The predicted octanol–water partition coefficient (Wildman–Crippen LogP) is 2.26. The SMILES string of the molecule is C#CC1CC(=O)N(CC2CCCCN2C(=O)OC(C)(C)C)C1. The van der Waals surface area contributed by atoms with Crippen molar-refractivity contribution in [2.45, 2.75) is 58.1 Å². The first-order chi connectivity index (χ1) is 10.3. The fourth-order valence-corrected chi connectivity index (χ4v) is 3.07. The highest BCUT2D eigenvalue weighted by Crippen LogP contribution is 2.24. The number of hydrogen-bond acceptors (Lipinski definition) is 3. The topological polar surface area (TPSA) is 49.9 Å². The molecular weight excluding hydrogens is 280 g/mol. The number of nitrogens with zero attached hydrogens (tertiary/aromatic N) is 2. The Hall–Kier alpha value is -1.70. The number of amides is 2. The number of likely N-dealkylation sites (tertiary alicyclic amines) is 2. The van der Waals surface area contributed by atoms with Gasteiger partial charge < -0.3 is 14.5 Å². The average Bonchev–Trinajstić information content (AvgIpc) is 2.78. The van der Waals surface area contributed by atoms with Gasteiger partial charge in [0, 0.05) is 32.0 Å². The van der Waals surface area contributed by atoms with Crippen molar-refractivity contribution >= 4 is 12.0 Å². The number of ether oxygens (including phenoxy) is 1. The largest absolute Gasteiger partial charge is 0.444 e. The summed E-state index contributed by atoms with van der Waals surface area (Å²) in [5, 5.41) is 0. The lowest BCUT2D eigenvalue weighted by atomic mass is 10.0. The molecule has 0 radical (unpaired) electrons. The highest BCUT2D eigenvalue weighted by atomic mass is 16.6. The minimum atomic E-state index is -0.503. The molecule has 0 bridgehead atoms. The van der Waals surface area contributed by atoms with Crippen molar-refractivity contribution in [1.29, 1.82) is 0 Å². The van der Waals surface area contributed by atoms with Crippen LogP contribution in [-0.4, -0.2) is 53.1 Å². The molecular formula is C17H26N2O3. The quantitative estimate of drug-likeness (QED) is 0.735. The molecule has 5 nitrogen and oxygen atoms in total. The molecule has 0 spiro atoms. The van der Waals surface area contributed by atoms with Gasteiger partial charge in [-0.3, -0.25) is 4.79 Å². The van der Waals surface area contributed by atoms with Gasteiger partial charge in [-0.05, 0) is 40.0 Å². The Kier molecular flexibility index (Phi) is 5.00. The molecule has 0 saturated carbocycles. The molecule has 2 rings (SSSR count). The van der Waals surface area contributed by atoms with Gasteiger partial charge in [0.25, 0.3) is 0 Å². The summed E-state index contributed by atoms with van der Waals surface area (Å²) in [5.41, 5.74) is -0.503. The normalized spacial score (nSPS) is 26.0. The van der Waals surface area contributed by atoms with E-state index < -0.39 is 5.60 Å². The van der Waals surface area contributed by atoms with Crippen LogP contribution in [0.3, 0.4) is 0 Å². The zero-order valence-electron chi connectivity index (χ0n) is 13.8. The van der Waals surface area contributed by atoms with Gasteiger partial charge in [0.15, 0.2) is 0 Å². The standard InChI is InChI=1S/C17H26N2O3/c1-5-13-10-15(20)18(11-13)12-14-8-6-7-9-19(14)16(21)22-17(2,3)4/h1,13-14H,6-12H2,2-4H3. The van der Waals surface area contributed by atoms with Crippen LogP contribution in [0.5, 0.6) is 0 Å². The summed E-state index contributed by atoms with van der Waals surface area (Å²) in [7, 11) is 0. The number of hydrogen-bond donors (Lipinski definition) is 0. The Labute approximate surface area is 133 Å². The molecule has 0 aliphatic carbocycles. The van der Waals surface area contributed by atoms with Gasteiger partial charge in [0.2, 0.25) is 5.91 Å². The van der Waals surface area contributed by atoms with Crippen LogP contribution < -0.4 is 0 Å². The van der Waals surface area contributed by atoms with E-state index in [9.17, 15) is 9.59 Å². The lowest BCUT2D eigenvalue weighted by Gasteiger charge is -2.38. The third-order valence-electron chi connectivity index (χ3n) is 4.14. The number of piperidine rings is 1. The highest BCUT2D eigenvalue weighted by Gasteiger charge is 2.35. The van der Waals surface area contributed by atoms with Crippen LogP contribution in [0.1, 0.15) is 46.5 Å². The molecule has 2 aliphatic rings. The molecule has 2 saturated heterocycles. The van der Waals surface area contributed by atoms with Crippen LogP contribution in [0.15, 0.2) is 0 Å². The maximum Gasteiger partial charge on any atom is 0.410 e. The molecule has 2 fully saturated rings. The van der Waals surface area contributed by atoms with Crippen LogP contribution in [0.2, 0.25) is 0 Å². The van der Waals surface area contributed by atoms with E-state index >= 15 is 0 Å². The Bertz CT molecular complexity index is 475. The van der Waals surface area contributed by atoms with Gasteiger partial charge in [-0.25, -0.2) is 4.79 Å². The van der Waals surface area contributed by atoms with Crippen molar-refractivity contribution < 1.29 is 14.3 Å². The first kappa shape index (κ1) is 16.7. The molecule has 2 heterocycles. The fourth-order valence-electron chi connectivity index (χ4n) is 3.07. The zero-order chi connectivity index (χ0) is 16.3. The van der Waals surface area contributed by atoms with Crippen molar-refractivity contribution in [2.75, 3.05) is 19.6 Å². The van der Waals surface area contributed by atoms with Crippen LogP contribution in [0.25, 0.3) is 0 Å². The molecule has 2 aliphatic heterocycles. The summed E-state index contributed by atoms with van der Waals surface area (Å²) in [5.74, 6) is 2.76. The molecule has 22 heavy (non-hydrogen) atoms. The smallest absolute Gasteiger partial charge is 0.410 e. The first-order valence-corrected chi connectivity index (χ1v) is 8.03. The van der Waals surface area contributed by atoms with E-state index in [0.717, 1.165) is 19.3 Å². The van der Waals surface area contributed by atoms with E-state index in [1.165, 1.54) is 0 Å². The minimum absolute atomic E-state index is 0.00562. The summed E-state index contributed by atoms with van der Waals surface area (Å²) >= 11 is 0. The van der Waals surface area contributed by atoms with E-state index in [1.807, 2.05) is 20.8 Å². The molecule has 0 N–H and O–H groups in total. The van der Waals surface area contributed by atoms with Gasteiger partial charge in [-0.2, -0.15) is 0 Å². The number of rotatable bonds is 2. The zero-order valence-corrected chi connectivity index (χ0v) is 13.8. The molecule has 0 aromatic heterocycles. The van der Waals surface area contributed by atoms with E-state index in [0.29, 0.717) is 26.1 Å². The van der Waals surface area contributed by atoms with Crippen molar-refractivity contribution in [2.24, 2.45) is 5.92 Å². The minimum Gasteiger partial charge on any atom is -0.444 e. The molecule has 2 atom stereocenters. The Balaban J connectivity index is 2.00. The summed E-state index contributed by atoms with van der Waals surface area (Å²) in [6, 6.07) is 0.0316. The maximum absolute atomic E-state index is 12.4. The molecule has 5 heteroatoms. The summed E-state index contributed by atoms with van der Waals surface area (Å²) in [6.45, 7) is 7.46. The lowest BCUT2D eigenvalue weighted by Crippen LogP contribution is -2.51. The molecule has 0 aromatic carbocycles. The van der Waals surface area contributed by atoms with E-state index in [2.05, 4.69) is 5.92 Å². The monoisotopic (exact) mass is 306 g/mol. The highest BCUT2D eigenvalue weighted by molar-refractivity contribution is 5.79. The van der Waals surface area contributed by atoms with Crippen LogP contribution >= 0.6 is 0 Å². The van der Waals surface area contributed by atoms with E-state index in [4.69, 9.17) is 11.2 Å². The molecule has 2 unspecified atom stereocenters. The second-order valence-electron chi connectivity index (χ2n) is 7.19. The number of carbonyl (C=O) groups excluding carboxylic acids is 2. The van der Waals surface area contributed by atoms with Crippen molar-refractivity contribution in [3.8, 4) is 12.3 Å². The van der Waals surface area contributed by atoms with Crippen LogP contribution in [0, 0.1) is 18.3 Å². The second-order valence-corrected chi connectivity index (χ2v) is 7.19. The first-order valence-electron chi connectivity index (χ1n) is 8.03. The third-order valence-corrected chi connectivity index (χ3v) is 4.14. The lowest BCUT2D eigenvalue weighted by molar-refractivity contribution is -0.128. The fraction of sp³-hybridized carbons (Fsp3) is 0.765. The number of terminal acetylenes is 1. The molecule has 0 aromatic rings. The molecule has 2 amide bonds. The Morgan fingerprint density at radius 1 is 1.41 bits per heavy atom. The third kappa shape index (κ3) is 4.16. The second kappa shape index (κ2) is 6.60. The van der Waals surface area contributed by atoms with Crippen LogP contribution in [0.4, 0.5) is 4.79 Å². The maximum atomic E-state index is 12.4. The van der Waals surface area contributed by atoms with Gasteiger partial charge >= 0.3 is 6.09 Å². The molecule has 122 valence electrons. The summed E-state index contributed by atoms with van der Waals surface area (Å²) in [6.07, 6.45) is 8.53. The predicted molar refractivity (Wildman–Crippen MR) is 84.1 cm³/mol. The summed E-state index contributed by atoms with van der Waals surface area (Å²) in [4.78, 5) is 28.0. The Morgan fingerprint density at radius 3 is 2.73 bits per heavy atom. The Morgan fingerprint density at radius 2 is 2.14 bits per heavy atom. The van der Waals surface area contributed by atoms with Crippen molar-refractivity contribution in [3.05, 3.63) is 0 Å².